The Morgan fingerprint density at radius 1 is 1.26 bits per heavy atom. The zero-order chi connectivity index (χ0) is 13.8. The summed E-state index contributed by atoms with van der Waals surface area (Å²) in [4.78, 5) is 13.5. The Bertz CT molecular complexity index is 578. The first-order chi connectivity index (χ1) is 9.15. The first-order valence-corrected chi connectivity index (χ1v) is 5.73. The molecule has 1 heterocycles. The van der Waals surface area contributed by atoms with Crippen LogP contribution < -0.4 is 15.4 Å². The van der Waals surface area contributed by atoms with Crippen LogP contribution in [0, 0.1) is 5.82 Å². The molecular formula is C12H14FN5O. The minimum Gasteiger partial charge on any atom is -0.467 e. The molecule has 0 amide bonds. The number of ether oxygens (including phenoxy) is 1. The second-order valence-corrected chi connectivity index (χ2v) is 3.68. The van der Waals surface area contributed by atoms with E-state index in [0.29, 0.717) is 12.2 Å². The van der Waals surface area contributed by atoms with Crippen LogP contribution in [0.2, 0.25) is 0 Å². The fraction of sp³-hybridized carbons (Fsp3) is 0.250. The van der Waals surface area contributed by atoms with Crippen LogP contribution in [0.3, 0.4) is 0 Å². The minimum absolute atomic E-state index is 0.0247. The maximum atomic E-state index is 13.8. The maximum Gasteiger partial charge on any atom is 0.322 e. The van der Waals surface area contributed by atoms with Crippen molar-refractivity contribution < 1.29 is 9.13 Å². The summed E-state index contributed by atoms with van der Waals surface area (Å²) >= 11 is 0. The Kier molecular flexibility index (Phi) is 3.74. The lowest BCUT2D eigenvalue weighted by Crippen LogP contribution is -2.21. The molecular weight excluding hydrogens is 249 g/mol. The van der Waals surface area contributed by atoms with E-state index in [2.05, 4.69) is 15.0 Å². The Hall–Kier alpha value is -2.44. The molecule has 2 N–H and O–H groups in total. The molecule has 0 bridgehead atoms. The summed E-state index contributed by atoms with van der Waals surface area (Å²) in [5.74, 6) is -0.0871. The number of hydrogen-bond acceptors (Lipinski definition) is 6. The van der Waals surface area contributed by atoms with Gasteiger partial charge in [0, 0.05) is 6.54 Å². The van der Waals surface area contributed by atoms with Crippen molar-refractivity contribution in [3.8, 4) is 6.01 Å². The smallest absolute Gasteiger partial charge is 0.322 e. The highest BCUT2D eigenvalue weighted by molar-refractivity contribution is 5.58. The van der Waals surface area contributed by atoms with Gasteiger partial charge in [0.2, 0.25) is 11.9 Å². The monoisotopic (exact) mass is 263 g/mol. The highest BCUT2D eigenvalue weighted by Crippen LogP contribution is 2.25. The molecule has 1 aromatic heterocycles. The lowest BCUT2D eigenvalue weighted by atomic mass is 10.3. The van der Waals surface area contributed by atoms with Crippen molar-refractivity contribution in [2.75, 3.05) is 24.3 Å². The number of para-hydroxylation sites is 1. The third-order valence-electron chi connectivity index (χ3n) is 2.50. The normalized spacial score (nSPS) is 10.3. The SMILES string of the molecule is CCN(c1nc(N)nc(OC)n1)c1ccccc1F. The van der Waals surface area contributed by atoms with E-state index >= 15 is 0 Å². The zero-order valence-electron chi connectivity index (χ0n) is 10.7. The van der Waals surface area contributed by atoms with E-state index in [1.54, 1.807) is 23.1 Å². The predicted octanol–water partition coefficient (Wildman–Crippen LogP) is 1.76. The standard InChI is InChI=1S/C12H14FN5O/c1-3-18(9-7-5-4-6-8(9)13)11-15-10(14)16-12(17-11)19-2/h4-7H,3H2,1-2H3,(H2,14,15,16,17). The fourth-order valence-electron chi connectivity index (χ4n) is 1.66. The van der Waals surface area contributed by atoms with E-state index in [9.17, 15) is 4.39 Å². The van der Waals surface area contributed by atoms with Crippen LogP contribution in [0.5, 0.6) is 6.01 Å². The molecule has 0 aliphatic rings. The van der Waals surface area contributed by atoms with Gasteiger partial charge in [0.1, 0.15) is 5.82 Å². The fourth-order valence-corrected chi connectivity index (χ4v) is 1.66. The molecule has 7 heteroatoms. The molecule has 0 unspecified atom stereocenters. The summed E-state index contributed by atoms with van der Waals surface area (Å²) in [6.45, 7) is 2.34. The van der Waals surface area contributed by atoms with Crippen LogP contribution in [0.1, 0.15) is 6.92 Å². The summed E-state index contributed by atoms with van der Waals surface area (Å²) in [6, 6.07) is 6.47. The highest BCUT2D eigenvalue weighted by atomic mass is 19.1. The molecule has 0 aliphatic heterocycles. The van der Waals surface area contributed by atoms with Gasteiger partial charge in [0.15, 0.2) is 0 Å². The number of methoxy groups -OCH3 is 1. The van der Waals surface area contributed by atoms with Gasteiger partial charge in [-0.25, -0.2) is 4.39 Å². The second-order valence-electron chi connectivity index (χ2n) is 3.68. The number of nitrogens with two attached hydrogens (primary N) is 1. The topological polar surface area (TPSA) is 77.2 Å². The second kappa shape index (κ2) is 5.47. The number of hydrogen-bond donors (Lipinski definition) is 1. The third-order valence-corrected chi connectivity index (χ3v) is 2.50. The van der Waals surface area contributed by atoms with Crippen LogP contribution in [0.25, 0.3) is 0 Å². The van der Waals surface area contributed by atoms with E-state index in [1.807, 2.05) is 6.92 Å². The van der Waals surface area contributed by atoms with Crippen LogP contribution >= 0.6 is 0 Å². The molecule has 1 aromatic carbocycles. The third kappa shape index (κ3) is 2.70. The molecule has 100 valence electrons. The van der Waals surface area contributed by atoms with Gasteiger partial charge in [0.25, 0.3) is 0 Å². The van der Waals surface area contributed by atoms with E-state index < -0.39 is 0 Å². The maximum absolute atomic E-state index is 13.8. The molecule has 19 heavy (non-hydrogen) atoms. The van der Waals surface area contributed by atoms with Crippen LogP contribution in [0.15, 0.2) is 24.3 Å². The largest absolute Gasteiger partial charge is 0.467 e. The lowest BCUT2D eigenvalue weighted by molar-refractivity contribution is 0.379. The number of halogens is 1. The average Bonchev–Trinajstić information content (AvgIpc) is 2.41. The van der Waals surface area contributed by atoms with Crippen molar-refractivity contribution in [3.05, 3.63) is 30.1 Å². The van der Waals surface area contributed by atoms with E-state index in [4.69, 9.17) is 10.5 Å². The van der Waals surface area contributed by atoms with Crippen molar-refractivity contribution in [2.45, 2.75) is 6.92 Å². The van der Waals surface area contributed by atoms with Gasteiger partial charge in [-0.15, -0.1) is 0 Å². The van der Waals surface area contributed by atoms with Gasteiger partial charge in [-0.2, -0.15) is 15.0 Å². The highest BCUT2D eigenvalue weighted by Gasteiger charge is 2.16. The van der Waals surface area contributed by atoms with Crippen molar-refractivity contribution in [2.24, 2.45) is 0 Å². The minimum atomic E-state index is -0.359. The van der Waals surface area contributed by atoms with Gasteiger partial charge in [-0.05, 0) is 19.1 Å². The first kappa shape index (κ1) is 13.0. The number of nitrogen functional groups attached to an aromatic ring is 1. The van der Waals surface area contributed by atoms with Crippen LogP contribution in [-0.4, -0.2) is 28.6 Å². The van der Waals surface area contributed by atoms with Gasteiger partial charge < -0.3 is 15.4 Å². The van der Waals surface area contributed by atoms with Gasteiger partial charge in [-0.1, -0.05) is 12.1 Å². The number of nitrogens with zero attached hydrogens (tertiary/aromatic N) is 4. The molecule has 2 rings (SSSR count). The number of rotatable bonds is 4. The molecule has 0 saturated heterocycles. The number of anilines is 3. The first-order valence-electron chi connectivity index (χ1n) is 5.73. The Labute approximate surface area is 110 Å². The summed E-state index contributed by atoms with van der Waals surface area (Å²) in [5.41, 5.74) is 5.95. The lowest BCUT2D eigenvalue weighted by Gasteiger charge is -2.21. The van der Waals surface area contributed by atoms with Crippen LogP contribution in [0.4, 0.5) is 22.0 Å². The van der Waals surface area contributed by atoms with E-state index in [-0.39, 0.29) is 23.7 Å². The summed E-state index contributed by atoms with van der Waals surface area (Å²) in [7, 11) is 1.43. The number of aromatic nitrogens is 3. The summed E-state index contributed by atoms with van der Waals surface area (Å²) in [6.07, 6.45) is 0. The molecule has 6 nitrogen and oxygen atoms in total. The average molecular weight is 263 g/mol. The van der Waals surface area contributed by atoms with Gasteiger partial charge >= 0.3 is 6.01 Å². The van der Waals surface area contributed by atoms with Crippen molar-refractivity contribution in [3.63, 3.8) is 0 Å². The van der Waals surface area contributed by atoms with E-state index in [1.165, 1.54) is 13.2 Å². The Morgan fingerprint density at radius 2 is 2.00 bits per heavy atom. The van der Waals surface area contributed by atoms with Crippen molar-refractivity contribution >= 4 is 17.6 Å². The Balaban J connectivity index is 2.48. The van der Waals surface area contributed by atoms with Crippen LogP contribution in [-0.2, 0) is 0 Å². The zero-order valence-corrected chi connectivity index (χ0v) is 10.7. The van der Waals surface area contributed by atoms with Gasteiger partial charge in [0.05, 0.1) is 12.8 Å². The predicted molar refractivity (Wildman–Crippen MR) is 69.9 cm³/mol. The van der Waals surface area contributed by atoms with E-state index in [0.717, 1.165) is 0 Å². The molecule has 0 atom stereocenters. The molecule has 0 aliphatic carbocycles. The molecule has 0 fully saturated rings. The molecule has 0 saturated carbocycles. The molecule has 0 radical (unpaired) electrons. The van der Waals surface area contributed by atoms with Crippen molar-refractivity contribution in [1.82, 2.24) is 15.0 Å². The summed E-state index contributed by atoms with van der Waals surface area (Å²) < 4.78 is 18.8. The number of benzene rings is 1. The Morgan fingerprint density at radius 3 is 2.63 bits per heavy atom. The summed E-state index contributed by atoms with van der Waals surface area (Å²) in [5, 5.41) is 0. The van der Waals surface area contributed by atoms with Gasteiger partial charge in [-0.3, -0.25) is 0 Å². The van der Waals surface area contributed by atoms with Crippen molar-refractivity contribution in [1.29, 1.82) is 0 Å². The molecule has 2 aromatic rings. The molecule has 0 spiro atoms. The quantitative estimate of drug-likeness (QED) is 0.905.